The molecule has 3 heterocycles. The van der Waals surface area contributed by atoms with Crippen LogP contribution >= 0.6 is 11.8 Å². The molecule has 2 aliphatic heterocycles. The van der Waals surface area contributed by atoms with E-state index in [1.165, 1.54) is 22.1 Å². The van der Waals surface area contributed by atoms with Crippen LogP contribution in [0.25, 0.3) is 0 Å². The molecule has 14 heteroatoms. The Labute approximate surface area is 232 Å². The van der Waals surface area contributed by atoms with Crippen molar-refractivity contribution in [3.63, 3.8) is 0 Å². The predicted octanol–water partition coefficient (Wildman–Crippen LogP) is 2.76. The number of sulfonamides is 1. The number of benzene rings is 1. The minimum absolute atomic E-state index is 0.108. The second kappa shape index (κ2) is 12.1. The SMILES string of the molecule is C=CC(=O)Nc1cc(Nc2ncc(F)c(SC3CN(S(C)(=O)=O)C3)n2)c(OC)cc1N1CCC(N(C)C)CC1. The van der Waals surface area contributed by atoms with E-state index >= 15 is 0 Å². The number of ether oxygens (including phenoxy) is 1. The van der Waals surface area contributed by atoms with E-state index in [1.807, 2.05) is 6.07 Å². The molecule has 2 aromatic rings. The maximum atomic E-state index is 14.5. The van der Waals surface area contributed by atoms with Crippen molar-refractivity contribution < 1.29 is 22.3 Å². The van der Waals surface area contributed by atoms with E-state index in [4.69, 9.17) is 4.74 Å². The number of methoxy groups -OCH3 is 1. The number of carbonyl (C=O) groups is 1. The van der Waals surface area contributed by atoms with Crippen LogP contribution in [0, 0.1) is 5.82 Å². The highest BCUT2D eigenvalue weighted by molar-refractivity contribution is 8.00. The summed E-state index contributed by atoms with van der Waals surface area (Å²) in [7, 11) is 2.44. The Morgan fingerprint density at radius 1 is 1.26 bits per heavy atom. The fraction of sp³-hybridized carbons (Fsp3) is 0.480. The van der Waals surface area contributed by atoms with Gasteiger partial charge in [0, 0.05) is 43.5 Å². The van der Waals surface area contributed by atoms with Crippen molar-refractivity contribution in [2.45, 2.75) is 29.2 Å². The van der Waals surface area contributed by atoms with E-state index in [2.05, 4.69) is 51.1 Å². The molecule has 1 amide bonds. The standard InChI is InChI=1S/C25H34FN7O4S2/c1-6-23(34)28-19-11-20(22(37-4)12-21(19)32-9-7-16(8-10-32)31(2)3)29-25-27-13-18(26)24(30-25)38-17-14-33(15-17)39(5,35)36/h6,11-13,16-17H,1,7-10,14-15H2,2-5H3,(H,28,34)(H,27,29,30). The van der Waals surface area contributed by atoms with E-state index in [-0.39, 0.29) is 22.1 Å². The van der Waals surface area contributed by atoms with Gasteiger partial charge in [-0.1, -0.05) is 18.3 Å². The molecule has 2 fully saturated rings. The van der Waals surface area contributed by atoms with Gasteiger partial charge in [0.05, 0.1) is 36.6 Å². The molecule has 11 nitrogen and oxygen atoms in total. The topological polar surface area (TPSA) is 120 Å². The molecule has 2 N–H and O–H groups in total. The van der Waals surface area contributed by atoms with Gasteiger partial charge in [-0.05, 0) is 39.1 Å². The number of anilines is 4. The number of piperidine rings is 1. The van der Waals surface area contributed by atoms with Gasteiger partial charge in [0.2, 0.25) is 21.9 Å². The van der Waals surface area contributed by atoms with E-state index in [0.717, 1.165) is 44.1 Å². The highest BCUT2D eigenvalue weighted by atomic mass is 32.2. The minimum atomic E-state index is -3.27. The van der Waals surface area contributed by atoms with Crippen LogP contribution in [-0.4, -0.2) is 98.4 Å². The average molecular weight is 580 g/mol. The van der Waals surface area contributed by atoms with Crippen molar-refractivity contribution in [1.29, 1.82) is 0 Å². The Morgan fingerprint density at radius 2 is 1.95 bits per heavy atom. The molecule has 0 spiro atoms. The van der Waals surface area contributed by atoms with Gasteiger partial charge in [0.1, 0.15) is 10.8 Å². The van der Waals surface area contributed by atoms with E-state index < -0.39 is 15.8 Å². The lowest BCUT2D eigenvalue weighted by molar-refractivity contribution is -0.111. The third kappa shape index (κ3) is 6.99. The highest BCUT2D eigenvalue weighted by Crippen LogP contribution is 2.40. The first kappa shape index (κ1) is 29.1. The maximum Gasteiger partial charge on any atom is 0.247 e. The summed E-state index contributed by atoms with van der Waals surface area (Å²) >= 11 is 1.17. The highest BCUT2D eigenvalue weighted by Gasteiger charge is 2.34. The summed E-state index contributed by atoms with van der Waals surface area (Å²) in [5.41, 5.74) is 1.87. The first-order valence-electron chi connectivity index (χ1n) is 12.5. The lowest BCUT2D eigenvalue weighted by Crippen LogP contribution is -2.51. The third-order valence-electron chi connectivity index (χ3n) is 6.82. The Morgan fingerprint density at radius 3 is 2.54 bits per heavy atom. The number of hydrogen-bond acceptors (Lipinski definition) is 10. The number of nitrogens with one attached hydrogen (secondary N) is 2. The Bertz CT molecular complexity index is 1330. The number of nitrogens with zero attached hydrogens (tertiary/aromatic N) is 5. The van der Waals surface area contributed by atoms with Gasteiger partial charge >= 0.3 is 0 Å². The van der Waals surface area contributed by atoms with Crippen LogP contribution in [0.2, 0.25) is 0 Å². The number of amides is 1. The molecular weight excluding hydrogens is 545 g/mol. The van der Waals surface area contributed by atoms with Gasteiger partial charge in [0.25, 0.3) is 0 Å². The van der Waals surface area contributed by atoms with Crippen LogP contribution < -0.4 is 20.3 Å². The van der Waals surface area contributed by atoms with Crippen LogP contribution in [0.1, 0.15) is 12.8 Å². The smallest absolute Gasteiger partial charge is 0.247 e. The van der Waals surface area contributed by atoms with Crippen LogP contribution in [0.15, 0.2) is 36.0 Å². The summed E-state index contributed by atoms with van der Waals surface area (Å²) in [5.74, 6) is -0.306. The molecule has 4 rings (SSSR count). The summed E-state index contributed by atoms with van der Waals surface area (Å²) in [4.78, 5) is 25.1. The largest absolute Gasteiger partial charge is 0.494 e. The van der Waals surface area contributed by atoms with Gasteiger partial charge in [-0.2, -0.15) is 4.31 Å². The molecule has 0 unspecified atom stereocenters. The first-order chi connectivity index (χ1) is 18.5. The predicted molar refractivity (Wildman–Crippen MR) is 152 cm³/mol. The van der Waals surface area contributed by atoms with Gasteiger partial charge in [-0.3, -0.25) is 4.79 Å². The van der Waals surface area contributed by atoms with Gasteiger partial charge in [-0.25, -0.2) is 22.8 Å². The first-order valence-corrected chi connectivity index (χ1v) is 15.2. The van der Waals surface area contributed by atoms with Crippen LogP contribution in [-0.2, 0) is 14.8 Å². The fourth-order valence-corrected chi connectivity index (χ4v) is 6.74. The zero-order chi connectivity index (χ0) is 28.3. The molecule has 2 aliphatic rings. The molecule has 0 saturated carbocycles. The zero-order valence-electron chi connectivity index (χ0n) is 22.5. The molecule has 1 aromatic heterocycles. The quantitative estimate of drug-likeness (QED) is 0.321. The summed E-state index contributed by atoms with van der Waals surface area (Å²) in [5, 5.41) is 5.97. The van der Waals surface area contributed by atoms with Crippen LogP contribution in [0.5, 0.6) is 5.75 Å². The lowest BCUT2D eigenvalue weighted by Gasteiger charge is -2.37. The van der Waals surface area contributed by atoms with Crippen molar-refractivity contribution in [3.8, 4) is 5.75 Å². The summed E-state index contributed by atoms with van der Waals surface area (Å²) < 4.78 is 44.7. The maximum absolute atomic E-state index is 14.5. The number of carbonyl (C=O) groups excluding carboxylic acids is 1. The van der Waals surface area contributed by atoms with Crippen molar-refractivity contribution in [3.05, 3.63) is 36.8 Å². The molecule has 2 saturated heterocycles. The van der Waals surface area contributed by atoms with Gasteiger partial charge in [-0.15, -0.1) is 0 Å². The number of rotatable bonds is 10. The second-order valence-electron chi connectivity index (χ2n) is 9.74. The molecule has 0 atom stereocenters. The molecule has 212 valence electrons. The van der Waals surface area contributed by atoms with Gasteiger partial charge in [0.15, 0.2) is 5.82 Å². The van der Waals surface area contributed by atoms with Crippen LogP contribution in [0.3, 0.4) is 0 Å². The van der Waals surface area contributed by atoms with Crippen molar-refractivity contribution in [1.82, 2.24) is 19.2 Å². The minimum Gasteiger partial charge on any atom is -0.494 e. The summed E-state index contributed by atoms with van der Waals surface area (Å²) in [6, 6.07) is 4.08. The molecule has 0 radical (unpaired) electrons. The number of halogens is 1. The molecule has 1 aromatic carbocycles. The molecule has 39 heavy (non-hydrogen) atoms. The number of hydrogen-bond donors (Lipinski definition) is 2. The van der Waals surface area contributed by atoms with Crippen LogP contribution in [0.4, 0.5) is 27.4 Å². The van der Waals surface area contributed by atoms with E-state index in [0.29, 0.717) is 36.3 Å². The Kier molecular flexibility index (Phi) is 8.99. The monoisotopic (exact) mass is 579 g/mol. The van der Waals surface area contributed by atoms with E-state index in [9.17, 15) is 17.6 Å². The van der Waals surface area contributed by atoms with E-state index in [1.54, 1.807) is 13.2 Å². The number of thioether (sulfide) groups is 1. The lowest BCUT2D eigenvalue weighted by atomic mass is 10.0. The zero-order valence-corrected chi connectivity index (χ0v) is 24.1. The van der Waals surface area contributed by atoms with Gasteiger partial charge < -0.3 is 25.2 Å². The summed E-state index contributed by atoms with van der Waals surface area (Å²) in [6.07, 6.45) is 5.39. The third-order valence-corrected chi connectivity index (χ3v) is 9.19. The second-order valence-corrected chi connectivity index (χ2v) is 13.0. The van der Waals surface area contributed by atoms with Crippen molar-refractivity contribution in [2.24, 2.45) is 0 Å². The molecule has 0 aliphatic carbocycles. The Hall–Kier alpha value is -2.94. The molecule has 0 bridgehead atoms. The van der Waals surface area contributed by atoms with Crippen molar-refractivity contribution in [2.75, 3.05) is 69.2 Å². The normalized spacial score (nSPS) is 17.1. The number of aromatic nitrogens is 2. The van der Waals surface area contributed by atoms with Crippen molar-refractivity contribution >= 4 is 50.7 Å². The summed E-state index contributed by atoms with van der Waals surface area (Å²) in [6.45, 7) is 5.78. The average Bonchev–Trinajstić information content (AvgIpc) is 2.87. The molecular formula is C25H34FN7O4S2. The Balaban J connectivity index is 1.57. The fourth-order valence-electron chi connectivity index (χ4n) is 4.52.